The maximum absolute atomic E-state index is 12.4. The number of hydrogen-bond donors (Lipinski definition) is 3. The number of benzene rings is 1. The molecule has 2 aromatic rings. The molecule has 2 aliphatic rings. The quantitative estimate of drug-likeness (QED) is 0.789. The summed E-state index contributed by atoms with van der Waals surface area (Å²) in [6.07, 6.45) is 3.63. The number of nitrogens with zero attached hydrogens (tertiary/aromatic N) is 1. The van der Waals surface area contributed by atoms with Gasteiger partial charge in [-0.2, -0.15) is 5.10 Å². The van der Waals surface area contributed by atoms with Crippen LogP contribution in [0.25, 0.3) is 11.1 Å². The van der Waals surface area contributed by atoms with Crippen molar-refractivity contribution >= 4 is 24.1 Å². The van der Waals surface area contributed by atoms with Gasteiger partial charge in [-0.3, -0.25) is 9.89 Å². The van der Waals surface area contributed by atoms with Crippen molar-refractivity contribution in [3.8, 4) is 22.6 Å². The lowest BCUT2D eigenvalue weighted by atomic mass is 9.98. The van der Waals surface area contributed by atoms with E-state index in [-0.39, 0.29) is 31.0 Å². The Bertz CT molecular complexity index is 728. The first-order valence-electron chi connectivity index (χ1n) is 7.76. The molecule has 0 spiro atoms. The van der Waals surface area contributed by atoms with Crippen LogP contribution < -0.4 is 20.1 Å². The first-order valence-corrected chi connectivity index (χ1v) is 7.76. The van der Waals surface area contributed by atoms with Gasteiger partial charge in [0.05, 0.1) is 12.1 Å². The predicted octanol–water partition coefficient (Wildman–Crippen LogP) is 2.17. The Balaban J connectivity index is 0.00000169. The van der Waals surface area contributed by atoms with E-state index in [1.165, 1.54) is 0 Å². The number of H-pyrrole nitrogens is 1. The third kappa shape index (κ3) is 3.18. The highest BCUT2D eigenvalue weighted by Gasteiger charge is 2.23. The summed E-state index contributed by atoms with van der Waals surface area (Å²) in [5.74, 6) is 2.06. The molecule has 1 aromatic heterocycles. The van der Waals surface area contributed by atoms with Gasteiger partial charge in [0.15, 0.2) is 11.5 Å². The number of halogens is 1. The minimum absolute atomic E-state index is 0. The number of fused-ring (bicyclic) bond motifs is 1. The van der Waals surface area contributed by atoms with E-state index in [0.29, 0.717) is 11.6 Å². The van der Waals surface area contributed by atoms with Crippen LogP contribution in [-0.2, 0) is 4.79 Å². The Labute approximate surface area is 145 Å². The molecule has 0 bridgehead atoms. The largest absolute Gasteiger partial charge is 0.454 e. The molecule has 1 fully saturated rings. The molecule has 3 N–H and O–H groups in total. The van der Waals surface area contributed by atoms with Gasteiger partial charge >= 0.3 is 0 Å². The van der Waals surface area contributed by atoms with Crippen LogP contribution in [0.2, 0.25) is 0 Å². The molecule has 0 aliphatic carbocycles. The van der Waals surface area contributed by atoms with E-state index in [2.05, 4.69) is 20.8 Å². The fraction of sp³-hybridized carbons (Fsp3) is 0.375. The highest BCUT2D eigenvalue weighted by Crippen LogP contribution is 2.37. The Kier molecular flexibility index (Phi) is 4.92. The van der Waals surface area contributed by atoms with E-state index >= 15 is 0 Å². The zero-order chi connectivity index (χ0) is 15.6. The maximum Gasteiger partial charge on any atom is 0.231 e. The van der Waals surface area contributed by atoms with Gasteiger partial charge in [-0.25, -0.2) is 0 Å². The zero-order valence-corrected chi connectivity index (χ0v) is 13.8. The summed E-state index contributed by atoms with van der Waals surface area (Å²) in [6, 6.07) is 5.68. The summed E-state index contributed by atoms with van der Waals surface area (Å²) in [5, 5.41) is 13.1. The molecule has 0 radical (unpaired) electrons. The average molecular weight is 351 g/mol. The highest BCUT2D eigenvalue weighted by molar-refractivity contribution is 5.95. The molecule has 1 atom stereocenters. The predicted molar refractivity (Wildman–Crippen MR) is 91.6 cm³/mol. The summed E-state index contributed by atoms with van der Waals surface area (Å²) in [6.45, 7) is 1.94. The molecule has 0 saturated carbocycles. The molecule has 1 saturated heterocycles. The molecule has 7 nitrogen and oxygen atoms in total. The Morgan fingerprint density at radius 3 is 3.00 bits per heavy atom. The summed E-state index contributed by atoms with van der Waals surface area (Å²) in [4.78, 5) is 12.4. The van der Waals surface area contributed by atoms with Crippen molar-refractivity contribution in [1.82, 2.24) is 15.5 Å². The van der Waals surface area contributed by atoms with Gasteiger partial charge in [0.1, 0.15) is 5.82 Å². The highest BCUT2D eigenvalue weighted by atomic mass is 35.5. The molecular weight excluding hydrogens is 332 g/mol. The minimum atomic E-state index is -0.00310. The fourth-order valence-corrected chi connectivity index (χ4v) is 2.97. The summed E-state index contributed by atoms with van der Waals surface area (Å²) >= 11 is 0. The van der Waals surface area contributed by atoms with Crippen molar-refractivity contribution in [1.29, 1.82) is 0 Å². The van der Waals surface area contributed by atoms with E-state index in [4.69, 9.17) is 9.47 Å². The van der Waals surface area contributed by atoms with Gasteiger partial charge in [0, 0.05) is 12.1 Å². The zero-order valence-electron chi connectivity index (χ0n) is 13.0. The molecule has 24 heavy (non-hydrogen) atoms. The first kappa shape index (κ1) is 16.6. The molecule has 1 aromatic carbocycles. The number of ether oxygens (including phenoxy) is 2. The summed E-state index contributed by atoms with van der Waals surface area (Å²) < 4.78 is 10.7. The van der Waals surface area contributed by atoms with Crippen molar-refractivity contribution in [2.75, 3.05) is 25.2 Å². The number of amides is 1. The van der Waals surface area contributed by atoms with Crippen molar-refractivity contribution in [3.05, 3.63) is 24.4 Å². The second kappa shape index (κ2) is 7.11. The lowest BCUT2D eigenvalue weighted by Crippen LogP contribution is -2.37. The van der Waals surface area contributed by atoms with E-state index < -0.39 is 0 Å². The van der Waals surface area contributed by atoms with Gasteiger partial charge in [-0.15, -0.1) is 12.4 Å². The van der Waals surface area contributed by atoms with E-state index in [1.807, 2.05) is 18.2 Å². The number of carbonyl (C=O) groups excluding carboxylic acids is 1. The smallest absolute Gasteiger partial charge is 0.231 e. The SMILES string of the molecule is Cl.O=C(Nc1[nH]ncc1-c1ccc2c(c1)OCO2)C1CCCNC1. The number of hydrogen-bond acceptors (Lipinski definition) is 5. The molecule has 1 unspecified atom stereocenters. The van der Waals surface area contributed by atoms with Crippen LogP contribution >= 0.6 is 12.4 Å². The van der Waals surface area contributed by atoms with Gasteiger partial charge in [-0.05, 0) is 37.1 Å². The first-order chi connectivity index (χ1) is 11.3. The maximum atomic E-state index is 12.4. The van der Waals surface area contributed by atoms with Gasteiger partial charge in [0.2, 0.25) is 12.7 Å². The molecule has 8 heteroatoms. The number of rotatable bonds is 3. The van der Waals surface area contributed by atoms with Crippen LogP contribution in [-0.4, -0.2) is 36.0 Å². The van der Waals surface area contributed by atoms with Crippen molar-refractivity contribution in [2.45, 2.75) is 12.8 Å². The molecule has 4 rings (SSSR count). The molecule has 3 heterocycles. The number of aromatic amines is 1. The second-order valence-electron chi connectivity index (χ2n) is 5.76. The lowest BCUT2D eigenvalue weighted by molar-refractivity contribution is -0.120. The molecule has 1 amide bonds. The number of anilines is 1. The topological polar surface area (TPSA) is 88.3 Å². The molecule has 2 aliphatic heterocycles. The fourth-order valence-electron chi connectivity index (χ4n) is 2.97. The molecule has 128 valence electrons. The minimum Gasteiger partial charge on any atom is -0.454 e. The van der Waals surface area contributed by atoms with E-state index in [1.54, 1.807) is 6.20 Å². The normalized spacial score (nSPS) is 18.8. The van der Waals surface area contributed by atoms with Crippen LogP contribution in [0.1, 0.15) is 12.8 Å². The van der Waals surface area contributed by atoms with Crippen molar-refractivity contribution in [2.24, 2.45) is 5.92 Å². The van der Waals surface area contributed by atoms with Crippen molar-refractivity contribution < 1.29 is 14.3 Å². The van der Waals surface area contributed by atoms with Crippen molar-refractivity contribution in [3.63, 3.8) is 0 Å². The van der Waals surface area contributed by atoms with Crippen LogP contribution in [0.15, 0.2) is 24.4 Å². The monoisotopic (exact) mass is 350 g/mol. The Hall–Kier alpha value is -2.25. The summed E-state index contributed by atoms with van der Waals surface area (Å²) in [5.41, 5.74) is 1.75. The van der Waals surface area contributed by atoms with Crippen LogP contribution in [0, 0.1) is 5.92 Å². The lowest BCUT2D eigenvalue weighted by Gasteiger charge is -2.21. The Morgan fingerprint density at radius 2 is 2.17 bits per heavy atom. The second-order valence-corrected chi connectivity index (χ2v) is 5.76. The average Bonchev–Trinajstić information content (AvgIpc) is 3.23. The summed E-state index contributed by atoms with van der Waals surface area (Å²) in [7, 11) is 0. The van der Waals surface area contributed by atoms with Crippen LogP contribution in [0.3, 0.4) is 0 Å². The number of carbonyl (C=O) groups is 1. The van der Waals surface area contributed by atoms with Gasteiger partial charge in [0.25, 0.3) is 0 Å². The van der Waals surface area contributed by atoms with Gasteiger partial charge in [-0.1, -0.05) is 6.07 Å². The van der Waals surface area contributed by atoms with E-state index in [9.17, 15) is 4.79 Å². The number of piperidine rings is 1. The van der Waals surface area contributed by atoms with Crippen LogP contribution in [0.5, 0.6) is 11.5 Å². The van der Waals surface area contributed by atoms with Crippen LogP contribution in [0.4, 0.5) is 5.82 Å². The Morgan fingerprint density at radius 1 is 1.29 bits per heavy atom. The number of aromatic nitrogens is 2. The van der Waals surface area contributed by atoms with Gasteiger partial charge < -0.3 is 20.1 Å². The standard InChI is InChI=1S/C16H18N4O3.ClH/c21-16(11-2-1-5-17-7-11)19-15-12(8-18-20-15)10-3-4-13-14(6-10)23-9-22-13;/h3-4,6,8,11,17H,1-2,5,7,9H2,(H2,18,19,20,21);1H. The third-order valence-electron chi connectivity index (χ3n) is 4.24. The third-order valence-corrected chi connectivity index (χ3v) is 4.24. The number of nitrogens with one attached hydrogen (secondary N) is 3. The van der Waals surface area contributed by atoms with E-state index in [0.717, 1.165) is 42.8 Å². The molecular formula is C16H19ClN4O3.